The highest BCUT2D eigenvalue weighted by atomic mass is 19.1. The molecule has 1 rings (SSSR count). The number of amides is 2. The molecule has 13 heteroatoms. The number of alkyl carbamates (subject to hydrolysis) is 1. The third-order valence-electron chi connectivity index (χ3n) is 7.33. The summed E-state index contributed by atoms with van der Waals surface area (Å²) in [4.78, 5) is 88.7. The average molecular weight is 651 g/mol. The fraction of sp³-hybridized carbons (Fsp3) is 0.606. The average Bonchev–Trinajstić information content (AvgIpc) is 3.02. The molecule has 0 aromatic heterocycles. The molecule has 46 heavy (non-hydrogen) atoms. The van der Waals surface area contributed by atoms with Gasteiger partial charge in [0.05, 0.1) is 32.7 Å². The Balaban J connectivity index is 3.13. The highest BCUT2D eigenvalue weighted by Gasteiger charge is 2.34. The molecule has 0 radical (unpaired) electrons. The number of methoxy groups -OCH3 is 2. The molecule has 256 valence electrons. The van der Waals surface area contributed by atoms with Crippen molar-refractivity contribution in [3.05, 3.63) is 35.9 Å². The maximum atomic E-state index is 13.5. The van der Waals surface area contributed by atoms with Gasteiger partial charge in [0.2, 0.25) is 5.91 Å². The molecule has 0 spiro atoms. The molecule has 0 fully saturated rings. The zero-order chi connectivity index (χ0) is 34.8. The Labute approximate surface area is 269 Å². The molecule has 2 N–H and O–H groups in total. The molecule has 0 bridgehead atoms. The van der Waals surface area contributed by atoms with Gasteiger partial charge in [0.25, 0.3) is 0 Å². The first-order valence-electron chi connectivity index (χ1n) is 15.3. The van der Waals surface area contributed by atoms with Crippen LogP contribution >= 0.6 is 0 Å². The Kier molecular flexibility index (Phi) is 18.0. The van der Waals surface area contributed by atoms with E-state index >= 15 is 0 Å². The van der Waals surface area contributed by atoms with E-state index in [1.807, 2.05) is 19.9 Å². The largest absolute Gasteiger partial charge is 0.469 e. The van der Waals surface area contributed by atoms with Gasteiger partial charge in [-0.1, -0.05) is 58.0 Å². The zero-order valence-corrected chi connectivity index (χ0v) is 27.5. The van der Waals surface area contributed by atoms with E-state index in [0.717, 1.165) is 12.7 Å². The molecule has 0 saturated carbocycles. The lowest BCUT2D eigenvalue weighted by Crippen LogP contribution is -2.49. The van der Waals surface area contributed by atoms with E-state index in [4.69, 9.17) is 9.47 Å². The van der Waals surface area contributed by atoms with Gasteiger partial charge in [-0.25, -0.2) is 9.18 Å². The van der Waals surface area contributed by atoms with Crippen LogP contribution in [0, 0.1) is 23.7 Å². The predicted octanol–water partition coefficient (Wildman–Crippen LogP) is 3.67. The normalized spacial score (nSPS) is 13.6. The number of nitrogens with one attached hydrogen (secondary N) is 2. The second-order valence-corrected chi connectivity index (χ2v) is 11.8. The number of hydrogen-bond acceptors (Lipinski definition) is 10. The van der Waals surface area contributed by atoms with Gasteiger partial charge in [0, 0.05) is 31.1 Å². The van der Waals surface area contributed by atoms with Crippen LogP contribution in [0.15, 0.2) is 30.3 Å². The van der Waals surface area contributed by atoms with Crippen molar-refractivity contribution in [2.75, 3.05) is 20.9 Å². The number of ketones is 3. The molecule has 1 aromatic rings. The van der Waals surface area contributed by atoms with Gasteiger partial charge in [-0.15, -0.1) is 0 Å². The monoisotopic (exact) mass is 650 g/mol. The Hall–Kier alpha value is -4.16. The van der Waals surface area contributed by atoms with Crippen LogP contribution in [0.2, 0.25) is 0 Å². The van der Waals surface area contributed by atoms with Crippen molar-refractivity contribution in [2.24, 2.45) is 23.7 Å². The second-order valence-electron chi connectivity index (χ2n) is 11.8. The van der Waals surface area contributed by atoms with Gasteiger partial charge in [-0.05, 0) is 30.2 Å². The van der Waals surface area contributed by atoms with Gasteiger partial charge in [-0.2, -0.15) is 0 Å². The number of carbonyl (C=O) groups is 7. The lowest BCUT2D eigenvalue weighted by Gasteiger charge is -2.26. The zero-order valence-electron chi connectivity index (χ0n) is 27.5. The number of halogens is 1. The summed E-state index contributed by atoms with van der Waals surface area (Å²) in [5, 5.41) is 5.21. The minimum atomic E-state index is -1.38. The number of Topliss-reactive ketones (excluding diaryl/α,β-unsaturated/α-hetero) is 3. The molecule has 0 heterocycles. The van der Waals surface area contributed by atoms with E-state index in [2.05, 4.69) is 15.4 Å². The molecule has 0 saturated heterocycles. The number of ether oxygens (including phenoxy) is 3. The van der Waals surface area contributed by atoms with Crippen LogP contribution in [0.4, 0.5) is 9.18 Å². The van der Waals surface area contributed by atoms with E-state index in [1.54, 1.807) is 38.1 Å². The summed E-state index contributed by atoms with van der Waals surface area (Å²) in [6.45, 7) is 5.62. The van der Waals surface area contributed by atoms with E-state index in [-0.39, 0.29) is 38.2 Å². The summed E-state index contributed by atoms with van der Waals surface area (Å²) >= 11 is 0. The lowest BCUT2D eigenvalue weighted by atomic mass is 9.87. The van der Waals surface area contributed by atoms with Crippen molar-refractivity contribution < 1.29 is 52.2 Å². The number of alkyl halides is 1. The van der Waals surface area contributed by atoms with E-state index in [0.29, 0.717) is 0 Å². The van der Waals surface area contributed by atoms with E-state index in [9.17, 15) is 38.0 Å². The maximum Gasteiger partial charge on any atom is 0.408 e. The maximum absolute atomic E-state index is 13.5. The van der Waals surface area contributed by atoms with E-state index < -0.39 is 90.6 Å². The van der Waals surface area contributed by atoms with Crippen LogP contribution in [0.1, 0.15) is 71.8 Å². The molecule has 12 nitrogen and oxygen atoms in total. The number of rotatable bonds is 21. The summed E-state index contributed by atoms with van der Waals surface area (Å²) in [5.74, 6) is -7.01. The Morgan fingerprint density at radius 2 is 1.37 bits per heavy atom. The first-order valence-corrected chi connectivity index (χ1v) is 15.3. The van der Waals surface area contributed by atoms with Crippen molar-refractivity contribution in [3.63, 3.8) is 0 Å². The third-order valence-corrected chi connectivity index (χ3v) is 7.33. The smallest absolute Gasteiger partial charge is 0.408 e. The van der Waals surface area contributed by atoms with Crippen LogP contribution in [0.25, 0.3) is 0 Å². The molecule has 4 atom stereocenters. The molecular formula is C33H47FN2O10. The first kappa shape index (κ1) is 39.9. The van der Waals surface area contributed by atoms with Gasteiger partial charge in [-0.3, -0.25) is 28.8 Å². The SMILES string of the molecule is COC(=O)CC[C@H](CC(=O)[C@H](CC(C)C)NC(=O)OCc1ccccc1)C(=O)N[C@H](C(=O)C[C@@H](CC(=O)OC)C(=O)CF)C(C)C. The van der Waals surface area contributed by atoms with Crippen LogP contribution in [0.3, 0.4) is 0 Å². The molecule has 0 aliphatic rings. The van der Waals surface area contributed by atoms with Crippen molar-refractivity contribution in [2.45, 2.75) is 84.9 Å². The first-order chi connectivity index (χ1) is 21.7. The number of carbonyl (C=O) groups excluding carboxylic acids is 7. The van der Waals surface area contributed by atoms with Crippen LogP contribution < -0.4 is 10.6 Å². The van der Waals surface area contributed by atoms with Gasteiger partial charge in [0.1, 0.15) is 13.3 Å². The summed E-state index contributed by atoms with van der Waals surface area (Å²) < 4.78 is 27.7. The molecular weight excluding hydrogens is 603 g/mol. The minimum Gasteiger partial charge on any atom is -0.469 e. The topological polar surface area (TPSA) is 171 Å². The Morgan fingerprint density at radius 3 is 1.91 bits per heavy atom. The van der Waals surface area contributed by atoms with Crippen LogP contribution in [-0.4, -0.2) is 74.3 Å². The highest BCUT2D eigenvalue weighted by molar-refractivity contribution is 5.96. The Bertz CT molecular complexity index is 1190. The fourth-order valence-corrected chi connectivity index (χ4v) is 4.71. The second kappa shape index (κ2) is 20.8. The predicted molar refractivity (Wildman–Crippen MR) is 165 cm³/mol. The van der Waals surface area contributed by atoms with Crippen molar-refractivity contribution in [1.82, 2.24) is 10.6 Å². The molecule has 0 aliphatic carbocycles. The molecule has 0 unspecified atom stereocenters. The third kappa shape index (κ3) is 14.7. The molecule has 2 amide bonds. The minimum absolute atomic E-state index is 0.0124. The summed E-state index contributed by atoms with van der Waals surface area (Å²) in [5.41, 5.74) is 0.754. The van der Waals surface area contributed by atoms with Crippen LogP contribution in [0.5, 0.6) is 0 Å². The highest BCUT2D eigenvalue weighted by Crippen LogP contribution is 2.20. The summed E-state index contributed by atoms with van der Waals surface area (Å²) in [6, 6.07) is 6.83. The van der Waals surface area contributed by atoms with Crippen molar-refractivity contribution in [3.8, 4) is 0 Å². The standard InChI is InChI=1S/C33H47FN2O10/c1-20(2)14-25(35-33(43)46-19-22-10-8-7-9-11-22)26(37)15-23(12-13-29(40)44-5)32(42)36-31(21(3)4)27(38)16-24(28(39)18-34)17-30(41)45-6/h7-11,20-21,23-25,31H,12-19H2,1-6H3,(H,35,43)(H,36,42)/t23-,24+,25+,31+/m1/s1. The van der Waals surface area contributed by atoms with Gasteiger partial charge in [0.15, 0.2) is 17.3 Å². The summed E-state index contributed by atoms with van der Waals surface area (Å²) in [6.07, 6.45) is -2.24. The van der Waals surface area contributed by atoms with Gasteiger partial charge >= 0.3 is 18.0 Å². The van der Waals surface area contributed by atoms with E-state index in [1.165, 1.54) is 7.11 Å². The Morgan fingerprint density at radius 1 is 0.761 bits per heavy atom. The van der Waals surface area contributed by atoms with Crippen molar-refractivity contribution >= 4 is 41.3 Å². The fourth-order valence-electron chi connectivity index (χ4n) is 4.71. The number of esters is 2. The van der Waals surface area contributed by atoms with Gasteiger partial charge < -0.3 is 24.8 Å². The van der Waals surface area contributed by atoms with Crippen LogP contribution in [-0.2, 0) is 49.6 Å². The molecule has 1 aromatic carbocycles. The number of benzene rings is 1. The summed E-state index contributed by atoms with van der Waals surface area (Å²) in [7, 11) is 2.28. The van der Waals surface area contributed by atoms with Crippen molar-refractivity contribution in [1.29, 1.82) is 0 Å². The lowest BCUT2D eigenvalue weighted by molar-refractivity contribution is -0.145. The quantitative estimate of drug-likeness (QED) is 0.148. The number of hydrogen-bond donors (Lipinski definition) is 2. The molecule has 0 aliphatic heterocycles.